The maximum atomic E-state index is 12.4. The highest BCUT2D eigenvalue weighted by atomic mass is 16.6. The molecule has 1 fully saturated rings. The van der Waals surface area contributed by atoms with Gasteiger partial charge in [-0.25, -0.2) is 14.6 Å². The molecule has 0 bridgehead atoms. The number of anilines is 1. The molecule has 8 heteroatoms. The van der Waals surface area contributed by atoms with Gasteiger partial charge in [-0.2, -0.15) is 0 Å². The Hall–Kier alpha value is -4.20. The van der Waals surface area contributed by atoms with Crippen LogP contribution in [0.2, 0.25) is 0 Å². The van der Waals surface area contributed by atoms with E-state index >= 15 is 0 Å². The number of aliphatic imine (C=N–C) groups is 1. The molecular weight excluding hydrogens is 406 g/mol. The number of esters is 1. The lowest BCUT2D eigenvalue weighted by Gasteiger charge is -2.34. The van der Waals surface area contributed by atoms with Crippen LogP contribution in [0, 0.1) is 0 Å². The van der Waals surface area contributed by atoms with E-state index in [4.69, 9.17) is 4.74 Å². The number of nitrogens with one attached hydrogen (secondary N) is 1. The standard InChI is InChI=1S/C24H21N5O3/c30-23-21(27-22(32-23)20-9-3-6-17-5-1-2-8-19(17)20)16-28-11-13-29(14-12-28)24(31)26-18-7-4-10-25-15-18/h1-10,15-16H,11-14H2,(H,26,31). The Morgan fingerprint density at radius 2 is 1.81 bits per heavy atom. The van der Waals surface area contributed by atoms with Gasteiger partial charge in [-0.15, -0.1) is 0 Å². The third kappa shape index (κ3) is 4.02. The second-order valence-electron chi connectivity index (χ2n) is 7.54. The van der Waals surface area contributed by atoms with Crippen molar-refractivity contribution in [3.63, 3.8) is 0 Å². The zero-order chi connectivity index (χ0) is 21.9. The van der Waals surface area contributed by atoms with E-state index in [9.17, 15) is 9.59 Å². The fourth-order valence-corrected chi connectivity index (χ4v) is 3.79. The molecule has 0 aliphatic carbocycles. The number of benzene rings is 2. The second kappa shape index (κ2) is 8.50. The SMILES string of the molecule is O=C1OC(c2cccc3ccccc23)=NC1=CN1CCN(C(=O)Nc2cccnc2)CC1. The Morgan fingerprint density at radius 1 is 1.00 bits per heavy atom. The number of fused-ring (bicyclic) bond motifs is 1. The predicted octanol–water partition coefficient (Wildman–Crippen LogP) is 3.23. The number of ether oxygens (including phenoxy) is 1. The highest BCUT2D eigenvalue weighted by molar-refractivity contribution is 6.16. The number of piperazine rings is 1. The van der Waals surface area contributed by atoms with Crippen molar-refractivity contribution in [1.82, 2.24) is 14.8 Å². The summed E-state index contributed by atoms with van der Waals surface area (Å²) in [6.45, 7) is 2.25. The summed E-state index contributed by atoms with van der Waals surface area (Å²) in [7, 11) is 0. The zero-order valence-corrected chi connectivity index (χ0v) is 17.3. The van der Waals surface area contributed by atoms with Crippen LogP contribution >= 0.6 is 0 Å². The van der Waals surface area contributed by atoms with Crippen LogP contribution in [0.1, 0.15) is 5.56 Å². The molecule has 0 saturated carbocycles. The number of amides is 2. The van der Waals surface area contributed by atoms with E-state index in [1.807, 2.05) is 47.4 Å². The molecule has 2 aliphatic rings. The smallest absolute Gasteiger partial charge is 0.365 e. The first-order chi connectivity index (χ1) is 15.7. The minimum Gasteiger partial charge on any atom is -0.402 e. The van der Waals surface area contributed by atoms with Gasteiger partial charge < -0.3 is 19.9 Å². The molecule has 2 aromatic carbocycles. The number of hydrogen-bond acceptors (Lipinski definition) is 6. The number of aromatic nitrogens is 1. The van der Waals surface area contributed by atoms with Gasteiger partial charge in [-0.3, -0.25) is 4.98 Å². The van der Waals surface area contributed by atoms with E-state index < -0.39 is 5.97 Å². The Labute approximate surface area is 184 Å². The van der Waals surface area contributed by atoms with Crippen LogP contribution in [0.5, 0.6) is 0 Å². The summed E-state index contributed by atoms with van der Waals surface area (Å²) in [6, 6.07) is 17.1. The normalized spacial score (nSPS) is 17.4. The summed E-state index contributed by atoms with van der Waals surface area (Å²) in [5.74, 6) is -0.155. The molecule has 1 aromatic heterocycles. The summed E-state index contributed by atoms with van der Waals surface area (Å²) in [5.41, 5.74) is 1.71. The average Bonchev–Trinajstić information content (AvgIpc) is 3.19. The highest BCUT2D eigenvalue weighted by Gasteiger charge is 2.27. The lowest BCUT2D eigenvalue weighted by molar-refractivity contribution is -0.130. The number of urea groups is 1. The van der Waals surface area contributed by atoms with Gasteiger partial charge in [0.2, 0.25) is 5.90 Å². The van der Waals surface area contributed by atoms with Gasteiger partial charge in [0, 0.05) is 44.1 Å². The molecule has 3 aromatic rings. The second-order valence-corrected chi connectivity index (χ2v) is 7.54. The van der Waals surface area contributed by atoms with Crippen LogP contribution in [0.3, 0.4) is 0 Å². The average molecular weight is 427 g/mol. The minimum atomic E-state index is -0.468. The minimum absolute atomic E-state index is 0.165. The van der Waals surface area contributed by atoms with Gasteiger partial charge in [0.25, 0.3) is 0 Å². The first-order valence-corrected chi connectivity index (χ1v) is 10.4. The van der Waals surface area contributed by atoms with Gasteiger partial charge in [0.05, 0.1) is 11.9 Å². The number of rotatable bonds is 3. The van der Waals surface area contributed by atoms with Crippen molar-refractivity contribution in [3.8, 4) is 0 Å². The van der Waals surface area contributed by atoms with Crippen LogP contribution in [-0.4, -0.2) is 58.9 Å². The van der Waals surface area contributed by atoms with Crippen LogP contribution in [-0.2, 0) is 9.53 Å². The largest absolute Gasteiger partial charge is 0.402 e. The first kappa shape index (κ1) is 19.7. The fraction of sp³-hybridized carbons (Fsp3) is 0.167. The number of carbonyl (C=O) groups is 2. The molecule has 160 valence electrons. The topological polar surface area (TPSA) is 87.1 Å². The molecule has 1 saturated heterocycles. The lowest BCUT2D eigenvalue weighted by atomic mass is 10.0. The molecule has 0 atom stereocenters. The molecule has 8 nitrogen and oxygen atoms in total. The molecule has 2 aliphatic heterocycles. The number of pyridine rings is 1. The third-order valence-electron chi connectivity index (χ3n) is 5.46. The fourth-order valence-electron chi connectivity index (χ4n) is 3.79. The van der Waals surface area contributed by atoms with E-state index in [0.717, 1.165) is 16.3 Å². The van der Waals surface area contributed by atoms with Crippen molar-refractivity contribution in [2.45, 2.75) is 0 Å². The maximum absolute atomic E-state index is 12.4. The molecular formula is C24H21N5O3. The van der Waals surface area contributed by atoms with Crippen molar-refractivity contribution in [1.29, 1.82) is 0 Å². The van der Waals surface area contributed by atoms with Crippen molar-refractivity contribution in [3.05, 3.63) is 84.5 Å². The van der Waals surface area contributed by atoms with Crippen molar-refractivity contribution >= 4 is 34.4 Å². The van der Waals surface area contributed by atoms with E-state index in [-0.39, 0.29) is 11.7 Å². The highest BCUT2D eigenvalue weighted by Crippen LogP contribution is 2.24. The van der Waals surface area contributed by atoms with Crippen molar-refractivity contribution in [2.75, 3.05) is 31.5 Å². The summed E-state index contributed by atoms with van der Waals surface area (Å²) < 4.78 is 5.47. The number of nitrogens with zero attached hydrogens (tertiary/aromatic N) is 4. The number of hydrogen-bond donors (Lipinski definition) is 1. The van der Waals surface area contributed by atoms with Crippen LogP contribution < -0.4 is 5.32 Å². The van der Waals surface area contributed by atoms with Gasteiger partial charge in [-0.05, 0) is 29.0 Å². The Bertz CT molecular complexity index is 1230. The summed E-state index contributed by atoms with van der Waals surface area (Å²) >= 11 is 0. The predicted molar refractivity (Wildman–Crippen MR) is 121 cm³/mol. The summed E-state index contributed by atoms with van der Waals surface area (Å²) in [6.07, 6.45) is 4.98. The maximum Gasteiger partial charge on any atom is 0.365 e. The van der Waals surface area contributed by atoms with Crippen LogP contribution in [0.15, 0.2) is 83.9 Å². The van der Waals surface area contributed by atoms with Gasteiger partial charge in [0.1, 0.15) is 0 Å². The number of cyclic esters (lactones) is 1. The van der Waals surface area contributed by atoms with Crippen molar-refractivity contribution in [2.24, 2.45) is 4.99 Å². The number of carbonyl (C=O) groups excluding carboxylic acids is 2. The van der Waals surface area contributed by atoms with Gasteiger partial charge in [-0.1, -0.05) is 36.4 Å². The molecule has 0 unspecified atom stereocenters. The Balaban J connectivity index is 1.26. The van der Waals surface area contributed by atoms with E-state index in [0.29, 0.717) is 37.8 Å². The zero-order valence-electron chi connectivity index (χ0n) is 17.3. The van der Waals surface area contributed by atoms with Gasteiger partial charge in [0.15, 0.2) is 5.70 Å². The van der Waals surface area contributed by atoms with E-state index in [1.165, 1.54) is 0 Å². The molecule has 0 radical (unpaired) electrons. The van der Waals surface area contributed by atoms with Crippen LogP contribution in [0.25, 0.3) is 10.8 Å². The van der Waals surface area contributed by atoms with E-state index in [2.05, 4.69) is 15.3 Å². The quantitative estimate of drug-likeness (QED) is 0.512. The molecule has 5 rings (SSSR count). The lowest BCUT2D eigenvalue weighted by Crippen LogP contribution is -2.48. The monoisotopic (exact) mass is 427 g/mol. The first-order valence-electron chi connectivity index (χ1n) is 10.4. The third-order valence-corrected chi connectivity index (χ3v) is 5.46. The van der Waals surface area contributed by atoms with Crippen LogP contribution in [0.4, 0.5) is 10.5 Å². The van der Waals surface area contributed by atoms with Crippen molar-refractivity contribution < 1.29 is 14.3 Å². The van der Waals surface area contributed by atoms with Gasteiger partial charge >= 0.3 is 12.0 Å². The van der Waals surface area contributed by atoms with E-state index in [1.54, 1.807) is 35.6 Å². The molecule has 1 N–H and O–H groups in total. The summed E-state index contributed by atoms with van der Waals surface area (Å²) in [5, 5.41) is 4.88. The molecule has 2 amide bonds. The Morgan fingerprint density at radius 3 is 2.62 bits per heavy atom. The summed E-state index contributed by atoms with van der Waals surface area (Å²) in [4.78, 5) is 37.0. The molecule has 3 heterocycles. The molecule has 32 heavy (non-hydrogen) atoms. The molecule has 0 spiro atoms. The Kier molecular flexibility index (Phi) is 5.25.